The molecule has 0 saturated heterocycles. The molecule has 0 bridgehead atoms. The van der Waals surface area contributed by atoms with Gasteiger partial charge in [0.25, 0.3) is 0 Å². The largest absolute Gasteiger partial charge is 0.376 e. The van der Waals surface area contributed by atoms with Crippen molar-refractivity contribution in [3.8, 4) is 0 Å². The first-order chi connectivity index (χ1) is 25.7. The Balaban J connectivity index is 0.888. The summed E-state index contributed by atoms with van der Waals surface area (Å²) in [7, 11) is 0. The van der Waals surface area contributed by atoms with Crippen molar-refractivity contribution in [1.82, 2.24) is 0 Å². The van der Waals surface area contributed by atoms with Crippen LogP contribution in [0, 0.1) is 0 Å². The van der Waals surface area contributed by atoms with E-state index >= 15 is 0 Å². The predicted octanol–water partition coefficient (Wildman–Crippen LogP) is 10.2. The van der Waals surface area contributed by atoms with E-state index in [0.717, 1.165) is 37.6 Å². The van der Waals surface area contributed by atoms with Gasteiger partial charge in [0.1, 0.15) is 0 Å². The fourth-order valence-electron chi connectivity index (χ4n) is 7.68. The first-order valence-corrected chi connectivity index (χ1v) is 18.1. The van der Waals surface area contributed by atoms with Crippen LogP contribution in [0.3, 0.4) is 0 Å². The molecule has 0 fully saturated rings. The molecule has 9 aromatic rings. The van der Waals surface area contributed by atoms with Crippen LogP contribution < -0.4 is 19.8 Å². The molecule has 0 unspecified atom stereocenters. The average Bonchev–Trinajstić information content (AvgIpc) is 3.18. The summed E-state index contributed by atoms with van der Waals surface area (Å²) in [5, 5.41) is 17.7. The van der Waals surface area contributed by atoms with E-state index in [1.807, 2.05) is 0 Å². The number of benzene rings is 7. The number of aromatic nitrogens is 2. The molecular formula is C48H40N4+2. The van der Waals surface area contributed by atoms with Crippen LogP contribution in [0.15, 0.2) is 183 Å². The van der Waals surface area contributed by atoms with Gasteiger partial charge in [-0.05, 0) is 84.5 Å². The number of nitrogens with zero attached hydrogens (tertiary/aromatic N) is 2. The molecule has 0 aliphatic carbocycles. The van der Waals surface area contributed by atoms with E-state index in [1.54, 1.807) is 0 Å². The molecule has 0 amide bonds. The minimum absolute atomic E-state index is 0.755. The van der Waals surface area contributed by atoms with E-state index in [2.05, 4.69) is 202 Å². The lowest BCUT2D eigenvalue weighted by Gasteiger charge is -2.13. The molecule has 4 nitrogen and oxygen atoms in total. The van der Waals surface area contributed by atoms with Crippen molar-refractivity contribution < 1.29 is 9.13 Å². The first-order valence-electron chi connectivity index (χ1n) is 18.1. The van der Waals surface area contributed by atoms with Crippen molar-refractivity contribution in [1.29, 1.82) is 0 Å². The maximum atomic E-state index is 3.73. The van der Waals surface area contributed by atoms with Crippen molar-refractivity contribution in [2.75, 3.05) is 10.6 Å². The zero-order valence-corrected chi connectivity index (χ0v) is 29.0. The van der Waals surface area contributed by atoms with Crippen LogP contribution in [0.5, 0.6) is 0 Å². The highest BCUT2D eigenvalue weighted by molar-refractivity contribution is 6.03. The summed E-state index contributed by atoms with van der Waals surface area (Å²) in [6.45, 7) is 3.10. The third kappa shape index (κ3) is 6.55. The van der Waals surface area contributed by atoms with Gasteiger partial charge in [-0.25, -0.2) is 0 Å². The number of hydrogen-bond acceptors (Lipinski definition) is 2. The fraction of sp³-hybridized carbons (Fsp3) is 0.0833. The van der Waals surface area contributed by atoms with Gasteiger partial charge < -0.3 is 10.6 Å². The summed E-state index contributed by atoms with van der Waals surface area (Å²) < 4.78 is 4.52. The zero-order chi connectivity index (χ0) is 34.7. The normalized spacial score (nSPS) is 11.4. The molecule has 7 aromatic carbocycles. The smallest absolute Gasteiger partial charge is 0.192 e. The molecule has 0 radical (unpaired) electrons. The zero-order valence-electron chi connectivity index (χ0n) is 29.0. The van der Waals surface area contributed by atoms with E-state index in [4.69, 9.17) is 0 Å². The van der Waals surface area contributed by atoms with Gasteiger partial charge in [0.2, 0.25) is 0 Å². The van der Waals surface area contributed by atoms with Crippen molar-refractivity contribution in [3.05, 3.63) is 205 Å². The van der Waals surface area contributed by atoms with Gasteiger partial charge in [0.15, 0.2) is 37.9 Å². The number of rotatable bonds is 10. The summed E-state index contributed by atoms with van der Waals surface area (Å²) in [6, 6.07) is 56.8. The molecular weight excluding hydrogens is 633 g/mol. The van der Waals surface area contributed by atoms with E-state index in [9.17, 15) is 0 Å². The van der Waals surface area contributed by atoms with Crippen molar-refractivity contribution in [2.24, 2.45) is 0 Å². The maximum absolute atomic E-state index is 3.73. The first kappa shape index (κ1) is 31.5. The summed E-state index contributed by atoms with van der Waals surface area (Å²) in [5.41, 5.74) is 7.42. The van der Waals surface area contributed by atoms with Crippen LogP contribution in [0.1, 0.15) is 22.3 Å². The number of hydrogen-bond donors (Lipinski definition) is 2. The highest BCUT2D eigenvalue weighted by Crippen LogP contribution is 2.30. The minimum atomic E-state index is 0.755. The van der Waals surface area contributed by atoms with Gasteiger partial charge in [-0.1, -0.05) is 115 Å². The Kier molecular flexibility index (Phi) is 8.47. The van der Waals surface area contributed by atoms with E-state index in [1.165, 1.54) is 65.3 Å². The van der Waals surface area contributed by atoms with Crippen LogP contribution in [0.25, 0.3) is 43.1 Å². The Morgan fingerprint density at radius 3 is 1.15 bits per heavy atom. The Morgan fingerprint density at radius 1 is 0.365 bits per heavy atom. The highest BCUT2D eigenvalue weighted by atomic mass is 15.0. The third-order valence-electron chi connectivity index (χ3n) is 10.1. The monoisotopic (exact) mass is 672 g/mol. The number of pyridine rings is 2. The Morgan fingerprint density at radius 2 is 0.750 bits per heavy atom. The molecule has 0 aliphatic rings. The van der Waals surface area contributed by atoms with Crippen LogP contribution >= 0.6 is 0 Å². The maximum Gasteiger partial charge on any atom is 0.192 e. The molecule has 2 N–H and O–H groups in total. The van der Waals surface area contributed by atoms with E-state index < -0.39 is 0 Å². The molecule has 250 valence electrons. The molecule has 2 aromatic heterocycles. The molecule has 2 heterocycles. The van der Waals surface area contributed by atoms with Crippen LogP contribution in [0.2, 0.25) is 0 Å². The second kappa shape index (κ2) is 14.0. The minimum Gasteiger partial charge on any atom is -0.376 e. The molecule has 9 rings (SSSR count). The molecule has 52 heavy (non-hydrogen) atoms. The topological polar surface area (TPSA) is 31.8 Å². The van der Waals surface area contributed by atoms with Gasteiger partial charge in [-0.3, -0.25) is 0 Å². The summed E-state index contributed by atoms with van der Waals surface area (Å²) in [4.78, 5) is 0. The molecule has 0 spiro atoms. The van der Waals surface area contributed by atoms with E-state index in [0.29, 0.717) is 0 Å². The Labute approximate surface area is 304 Å². The fourth-order valence-corrected chi connectivity index (χ4v) is 7.68. The predicted molar refractivity (Wildman–Crippen MR) is 215 cm³/mol. The van der Waals surface area contributed by atoms with Crippen LogP contribution in [0.4, 0.5) is 11.4 Å². The molecule has 0 saturated carbocycles. The quantitative estimate of drug-likeness (QED) is 0.112. The molecule has 0 atom stereocenters. The molecule has 0 aliphatic heterocycles. The Hall–Kier alpha value is -6.52. The van der Waals surface area contributed by atoms with Crippen LogP contribution in [-0.2, 0) is 26.2 Å². The lowest BCUT2D eigenvalue weighted by atomic mass is 9.97. The van der Waals surface area contributed by atoms with Crippen molar-refractivity contribution >= 4 is 54.5 Å². The van der Waals surface area contributed by atoms with Gasteiger partial charge >= 0.3 is 0 Å². The number of anilines is 2. The van der Waals surface area contributed by atoms with E-state index in [-0.39, 0.29) is 0 Å². The summed E-state index contributed by atoms with van der Waals surface area (Å²) in [6.07, 6.45) is 8.72. The molecule has 4 heteroatoms. The number of nitrogens with one attached hydrogen (secondary N) is 2. The van der Waals surface area contributed by atoms with Crippen molar-refractivity contribution in [2.45, 2.75) is 26.2 Å². The van der Waals surface area contributed by atoms with Crippen LogP contribution in [-0.4, -0.2) is 0 Å². The highest BCUT2D eigenvalue weighted by Gasteiger charge is 2.12. The third-order valence-corrected chi connectivity index (χ3v) is 10.1. The lowest BCUT2D eigenvalue weighted by Crippen LogP contribution is -2.35. The van der Waals surface area contributed by atoms with Gasteiger partial charge in [-0.15, -0.1) is 0 Å². The van der Waals surface area contributed by atoms with Crippen molar-refractivity contribution in [3.63, 3.8) is 0 Å². The number of fused-ring (bicyclic) bond motifs is 4. The Bertz CT molecular complexity index is 2420. The second-order valence-electron chi connectivity index (χ2n) is 13.7. The second-order valence-corrected chi connectivity index (χ2v) is 13.7. The van der Waals surface area contributed by atoms with Gasteiger partial charge in [0.05, 0.1) is 11.4 Å². The lowest BCUT2D eigenvalue weighted by molar-refractivity contribution is -0.688. The van der Waals surface area contributed by atoms with Gasteiger partial charge in [-0.2, -0.15) is 9.13 Å². The SMILES string of the molecule is c1cc(C[n+]2cccc(NCc3c4ccccc4cc4ccccc34)c2)cc(C[n+]2cccc(NCc3c4ccccc4cc4ccccc34)c2)c1. The average molecular weight is 673 g/mol. The summed E-state index contributed by atoms with van der Waals surface area (Å²) >= 11 is 0. The van der Waals surface area contributed by atoms with Gasteiger partial charge in [0, 0.05) is 36.3 Å². The summed E-state index contributed by atoms with van der Waals surface area (Å²) in [5.74, 6) is 0. The standard InChI is InChI=1S/C48H40N4/c1-5-20-43-37(14-1)27-38-15-2-6-21-44(38)47(43)29-49-41-18-10-24-51(33-41)31-35-12-9-13-36(26-35)32-52-25-11-19-42(34-52)50-30-48-45-22-7-3-16-39(45)28-40-17-4-8-23-46(40)48/h1-28,33-34,49-50H,29-32H2/q+2.